The molecule has 1 aromatic carbocycles. The Balaban J connectivity index is 2.55. The van der Waals surface area contributed by atoms with Gasteiger partial charge in [-0.1, -0.05) is 12.1 Å². The molecule has 0 spiro atoms. The maximum Gasteiger partial charge on any atom is 0.287 e. The van der Waals surface area contributed by atoms with E-state index in [4.69, 9.17) is 4.74 Å². The molecule has 0 saturated carbocycles. The molecule has 0 aliphatic carbocycles. The van der Waals surface area contributed by atoms with Crippen molar-refractivity contribution in [3.05, 3.63) is 29.3 Å². The van der Waals surface area contributed by atoms with Crippen LogP contribution in [0.1, 0.15) is 18.1 Å². The van der Waals surface area contributed by atoms with Crippen LogP contribution in [0.5, 0.6) is 5.75 Å². The van der Waals surface area contributed by atoms with Crippen molar-refractivity contribution in [1.29, 1.82) is 0 Å². The number of halogens is 1. The average molecular weight is 286 g/mol. The first-order valence-electron chi connectivity index (χ1n) is 5.29. The molecule has 1 amide bonds. The fourth-order valence-electron chi connectivity index (χ4n) is 1.49. The molecule has 0 aliphatic rings. The molecule has 0 unspecified atom stereocenters. The van der Waals surface area contributed by atoms with Crippen LogP contribution in [-0.2, 0) is 6.42 Å². The van der Waals surface area contributed by atoms with Crippen molar-refractivity contribution in [2.24, 2.45) is 0 Å². The summed E-state index contributed by atoms with van der Waals surface area (Å²) in [5.74, 6) is 0.927. The Hall–Kier alpha value is -1.03. The summed E-state index contributed by atoms with van der Waals surface area (Å²) in [6, 6.07) is 6.09. The van der Waals surface area contributed by atoms with Gasteiger partial charge in [0.15, 0.2) is 0 Å². The molecular weight excluding hydrogens is 270 g/mol. The fourth-order valence-corrected chi connectivity index (χ4v) is 1.69. The molecule has 0 aromatic heterocycles. The minimum Gasteiger partial charge on any atom is -0.494 e. The third-order valence-electron chi connectivity index (χ3n) is 2.22. The highest BCUT2D eigenvalue weighted by molar-refractivity contribution is 9.18. The Morgan fingerprint density at radius 3 is 2.81 bits per heavy atom. The van der Waals surface area contributed by atoms with E-state index in [1.54, 1.807) is 0 Å². The van der Waals surface area contributed by atoms with Crippen molar-refractivity contribution >= 4 is 20.7 Å². The molecule has 4 heteroatoms. The fraction of sp³-hybridized carbons (Fsp3) is 0.417. The molecule has 16 heavy (non-hydrogen) atoms. The number of rotatable bonds is 5. The van der Waals surface area contributed by atoms with Gasteiger partial charge in [-0.25, -0.2) is 0 Å². The number of aryl methyl sites for hydroxylation is 1. The van der Waals surface area contributed by atoms with Gasteiger partial charge in [-0.15, -0.1) is 0 Å². The van der Waals surface area contributed by atoms with Gasteiger partial charge >= 0.3 is 0 Å². The van der Waals surface area contributed by atoms with Crippen molar-refractivity contribution < 1.29 is 9.53 Å². The molecule has 0 fully saturated rings. The smallest absolute Gasteiger partial charge is 0.287 e. The van der Waals surface area contributed by atoms with E-state index in [-0.39, 0.29) is 4.82 Å². The molecule has 1 aromatic rings. The summed E-state index contributed by atoms with van der Waals surface area (Å²) in [7, 11) is 0. The molecule has 3 nitrogen and oxygen atoms in total. The zero-order chi connectivity index (χ0) is 12.0. The number of carbonyl (C=O) groups is 1. The number of hydrogen-bond donors (Lipinski definition) is 1. The van der Waals surface area contributed by atoms with Gasteiger partial charge in [0, 0.05) is 22.5 Å². The predicted octanol–water partition coefficient (Wildman–Crippen LogP) is 3.04. The summed E-state index contributed by atoms with van der Waals surface area (Å²) in [5.41, 5.74) is 2.33. The highest BCUT2D eigenvalue weighted by atomic mass is 79.9. The number of amides is 1. The van der Waals surface area contributed by atoms with Crippen molar-refractivity contribution in [2.45, 2.75) is 20.3 Å². The largest absolute Gasteiger partial charge is 0.494 e. The van der Waals surface area contributed by atoms with Gasteiger partial charge in [-0.2, -0.15) is 0 Å². The van der Waals surface area contributed by atoms with E-state index < -0.39 is 0 Å². The van der Waals surface area contributed by atoms with E-state index in [1.807, 2.05) is 26.0 Å². The zero-order valence-corrected chi connectivity index (χ0v) is 11.1. The summed E-state index contributed by atoms with van der Waals surface area (Å²) in [5, 5.41) is 2.70. The maximum absolute atomic E-state index is 10.6. The number of nitrogens with one attached hydrogen (secondary N) is 1. The van der Waals surface area contributed by atoms with Crippen molar-refractivity contribution in [3.8, 4) is 5.75 Å². The maximum atomic E-state index is 10.6. The second kappa shape index (κ2) is 6.53. The van der Waals surface area contributed by atoms with Gasteiger partial charge in [0.25, 0.3) is 4.82 Å². The lowest BCUT2D eigenvalue weighted by molar-refractivity contribution is 0.262. The average Bonchev–Trinajstić information content (AvgIpc) is 2.21. The van der Waals surface area contributed by atoms with Crippen molar-refractivity contribution in [1.82, 2.24) is 5.32 Å². The van der Waals surface area contributed by atoms with E-state index in [0.29, 0.717) is 13.2 Å². The molecule has 0 radical (unpaired) electrons. The zero-order valence-electron chi connectivity index (χ0n) is 9.55. The number of carbonyl (C=O) groups excluding carboxylic acids is 1. The molecule has 0 atom stereocenters. The predicted molar refractivity (Wildman–Crippen MR) is 68.4 cm³/mol. The van der Waals surface area contributed by atoms with Crippen LogP contribution < -0.4 is 10.1 Å². The van der Waals surface area contributed by atoms with E-state index in [9.17, 15) is 4.79 Å². The number of benzene rings is 1. The SMILES string of the molecule is CCOc1ccc(CCNC(=O)Br)cc1C. The van der Waals surface area contributed by atoms with E-state index in [1.165, 1.54) is 5.56 Å². The van der Waals surface area contributed by atoms with Gasteiger partial charge in [-0.05, 0) is 37.5 Å². The van der Waals surface area contributed by atoms with E-state index in [2.05, 4.69) is 27.3 Å². The molecule has 0 bridgehead atoms. The van der Waals surface area contributed by atoms with Crippen LogP contribution in [0.2, 0.25) is 0 Å². The van der Waals surface area contributed by atoms with Crippen LogP contribution in [-0.4, -0.2) is 18.0 Å². The molecule has 1 N–H and O–H groups in total. The summed E-state index contributed by atoms with van der Waals surface area (Å²) in [4.78, 5) is 10.5. The van der Waals surface area contributed by atoms with Crippen LogP contribution in [0.25, 0.3) is 0 Å². The second-order valence-corrected chi connectivity index (χ2v) is 4.20. The first-order chi connectivity index (χ1) is 7.63. The second-order valence-electron chi connectivity index (χ2n) is 3.48. The van der Waals surface area contributed by atoms with Crippen molar-refractivity contribution in [2.75, 3.05) is 13.2 Å². The molecule has 1 rings (SSSR count). The Labute approximate surface area is 104 Å². The first-order valence-corrected chi connectivity index (χ1v) is 6.08. The Morgan fingerprint density at radius 1 is 1.50 bits per heavy atom. The Bertz CT molecular complexity index is 366. The monoisotopic (exact) mass is 285 g/mol. The minimum atomic E-state index is -0.171. The highest BCUT2D eigenvalue weighted by Gasteiger charge is 2.01. The van der Waals surface area contributed by atoms with Crippen LogP contribution in [0.15, 0.2) is 18.2 Å². The highest BCUT2D eigenvalue weighted by Crippen LogP contribution is 2.19. The Morgan fingerprint density at radius 2 is 2.25 bits per heavy atom. The normalized spacial score (nSPS) is 9.94. The molecular formula is C12H16BrNO2. The van der Waals surface area contributed by atoms with Gasteiger partial charge in [-0.3, -0.25) is 4.79 Å². The van der Waals surface area contributed by atoms with E-state index >= 15 is 0 Å². The topological polar surface area (TPSA) is 38.3 Å². The van der Waals surface area contributed by atoms with Crippen molar-refractivity contribution in [3.63, 3.8) is 0 Å². The number of ether oxygens (including phenoxy) is 1. The minimum absolute atomic E-state index is 0.171. The lowest BCUT2D eigenvalue weighted by atomic mass is 10.1. The molecule has 0 saturated heterocycles. The standard InChI is InChI=1S/C12H16BrNO2/c1-3-16-11-5-4-10(8-9(11)2)6-7-14-12(13)15/h4-5,8H,3,6-7H2,1-2H3,(H,14,15). The number of hydrogen-bond acceptors (Lipinski definition) is 2. The van der Waals surface area contributed by atoms with Crippen LogP contribution in [0.4, 0.5) is 4.79 Å². The Kier molecular flexibility index (Phi) is 5.32. The summed E-state index contributed by atoms with van der Waals surface area (Å²) < 4.78 is 5.46. The summed E-state index contributed by atoms with van der Waals surface area (Å²) in [6.45, 7) is 5.31. The molecule has 0 heterocycles. The first kappa shape index (κ1) is 13.0. The van der Waals surface area contributed by atoms with Gasteiger partial charge in [0.2, 0.25) is 0 Å². The van der Waals surface area contributed by atoms with Crippen LogP contribution >= 0.6 is 15.9 Å². The van der Waals surface area contributed by atoms with Crippen LogP contribution in [0, 0.1) is 6.92 Å². The lowest BCUT2D eigenvalue weighted by Gasteiger charge is -2.09. The van der Waals surface area contributed by atoms with Gasteiger partial charge < -0.3 is 10.1 Å². The summed E-state index contributed by atoms with van der Waals surface area (Å²) in [6.07, 6.45) is 0.824. The van der Waals surface area contributed by atoms with E-state index in [0.717, 1.165) is 17.7 Å². The quantitative estimate of drug-likeness (QED) is 0.667. The third-order valence-corrected chi connectivity index (χ3v) is 2.50. The molecule has 88 valence electrons. The molecule has 0 aliphatic heterocycles. The summed E-state index contributed by atoms with van der Waals surface area (Å²) >= 11 is 2.82. The third kappa shape index (κ3) is 4.23. The van der Waals surface area contributed by atoms with Gasteiger partial charge in [0.1, 0.15) is 5.75 Å². The van der Waals surface area contributed by atoms with Crippen LogP contribution in [0.3, 0.4) is 0 Å². The lowest BCUT2D eigenvalue weighted by Crippen LogP contribution is -2.19. The van der Waals surface area contributed by atoms with Gasteiger partial charge in [0.05, 0.1) is 6.61 Å².